The van der Waals surface area contributed by atoms with Gasteiger partial charge in [-0.05, 0) is 60.8 Å². The normalized spacial score (nSPS) is 15.8. The van der Waals surface area contributed by atoms with E-state index in [4.69, 9.17) is 4.74 Å². The minimum atomic E-state index is -0.259. The minimum Gasteiger partial charge on any atom is -0.497 e. The number of ether oxygens (including phenoxy) is 1. The summed E-state index contributed by atoms with van der Waals surface area (Å²) in [5.74, 6) is 0.918. The van der Waals surface area contributed by atoms with Gasteiger partial charge >= 0.3 is 0 Å². The molecule has 1 saturated heterocycles. The van der Waals surface area contributed by atoms with Crippen LogP contribution in [-0.4, -0.2) is 26.1 Å². The van der Waals surface area contributed by atoms with Gasteiger partial charge in [0, 0.05) is 5.92 Å². The lowest BCUT2D eigenvalue weighted by Crippen LogP contribution is -2.50. The Hall–Kier alpha value is -2.11. The lowest BCUT2D eigenvalue weighted by molar-refractivity contribution is -0.127. The Kier molecular flexibility index (Phi) is 7.63. The molecule has 2 aromatic carbocycles. The van der Waals surface area contributed by atoms with Crippen LogP contribution < -0.4 is 15.4 Å². The molecule has 1 heterocycles. The Morgan fingerprint density at radius 3 is 2.33 bits per heavy atom. The highest BCUT2D eigenvalue weighted by Gasteiger charge is 2.30. The van der Waals surface area contributed by atoms with Gasteiger partial charge in [0.25, 0.3) is 0 Å². The van der Waals surface area contributed by atoms with Crippen LogP contribution in [0.3, 0.4) is 0 Å². The van der Waals surface area contributed by atoms with Crippen LogP contribution in [0.1, 0.15) is 24.1 Å². The van der Waals surface area contributed by atoms with E-state index in [1.54, 1.807) is 19.2 Å². The van der Waals surface area contributed by atoms with Crippen molar-refractivity contribution in [2.45, 2.75) is 19.4 Å². The summed E-state index contributed by atoms with van der Waals surface area (Å²) >= 11 is 0. The Labute approximate surface area is 165 Å². The zero-order chi connectivity index (χ0) is 18.5. The summed E-state index contributed by atoms with van der Waals surface area (Å²) in [5, 5.41) is 6.39. The predicted molar refractivity (Wildman–Crippen MR) is 107 cm³/mol. The van der Waals surface area contributed by atoms with E-state index < -0.39 is 0 Å². The molecule has 0 radical (unpaired) electrons. The van der Waals surface area contributed by atoms with Crippen LogP contribution in [0.2, 0.25) is 0 Å². The molecule has 2 atom stereocenters. The van der Waals surface area contributed by atoms with E-state index in [-0.39, 0.29) is 36.1 Å². The molecule has 0 saturated carbocycles. The van der Waals surface area contributed by atoms with Crippen molar-refractivity contribution in [2.24, 2.45) is 11.8 Å². The Balaban J connectivity index is 0.00000261. The van der Waals surface area contributed by atoms with Crippen molar-refractivity contribution in [2.75, 3.05) is 20.2 Å². The quantitative estimate of drug-likeness (QED) is 0.758. The van der Waals surface area contributed by atoms with Gasteiger partial charge in [0.05, 0.1) is 13.2 Å². The SMILES string of the molecule is COc1ccc(C(Cc2ccc(F)cc2)NC(=O)C(C)C2CNC2)cc1.Cl. The van der Waals surface area contributed by atoms with Crippen molar-refractivity contribution in [1.29, 1.82) is 0 Å². The fourth-order valence-corrected chi connectivity index (χ4v) is 3.13. The van der Waals surface area contributed by atoms with E-state index in [1.165, 1.54) is 12.1 Å². The molecule has 2 N–H and O–H groups in total. The number of rotatable bonds is 7. The smallest absolute Gasteiger partial charge is 0.223 e. The first-order valence-electron chi connectivity index (χ1n) is 8.96. The molecule has 2 unspecified atom stereocenters. The van der Waals surface area contributed by atoms with Gasteiger partial charge in [0.2, 0.25) is 5.91 Å². The Morgan fingerprint density at radius 1 is 1.19 bits per heavy atom. The lowest BCUT2D eigenvalue weighted by Gasteiger charge is -2.33. The molecule has 1 amide bonds. The van der Waals surface area contributed by atoms with Gasteiger partial charge in [-0.25, -0.2) is 4.39 Å². The standard InChI is InChI=1S/C21H25FN2O2.ClH/c1-14(17-12-23-13-17)21(25)24-20(11-15-3-7-18(22)8-4-15)16-5-9-19(26-2)10-6-16;/h3-10,14,17,20,23H,11-13H2,1-2H3,(H,24,25);1H. The molecular formula is C21H26ClFN2O2. The monoisotopic (exact) mass is 392 g/mol. The van der Waals surface area contributed by atoms with Gasteiger partial charge < -0.3 is 15.4 Å². The van der Waals surface area contributed by atoms with Crippen LogP contribution in [0, 0.1) is 17.7 Å². The number of hydrogen-bond donors (Lipinski definition) is 2. The van der Waals surface area contributed by atoms with Crippen LogP contribution in [0.4, 0.5) is 4.39 Å². The summed E-state index contributed by atoms with van der Waals surface area (Å²) in [6.07, 6.45) is 0.605. The van der Waals surface area contributed by atoms with E-state index in [0.717, 1.165) is 30.0 Å². The first kappa shape index (κ1) is 21.2. The van der Waals surface area contributed by atoms with E-state index in [2.05, 4.69) is 10.6 Å². The second-order valence-corrected chi connectivity index (χ2v) is 6.87. The lowest BCUT2D eigenvalue weighted by atomic mass is 9.87. The van der Waals surface area contributed by atoms with E-state index in [1.807, 2.05) is 31.2 Å². The number of amides is 1. The molecule has 146 valence electrons. The largest absolute Gasteiger partial charge is 0.497 e. The third-order valence-electron chi connectivity index (χ3n) is 5.12. The third-order valence-corrected chi connectivity index (χ3v) is 5.12. The summed E-state index contributed by atoms with van der Waals surface area (Å²) in [5.41, 5.74) is 1.98. The molecule has 0 spiro atoms. The maximum atomic E-state index is 13.2. The van der Waals surface area contributed by atoms with Crippen molar-refractivity contribution in [1.82, 2.24) is 10.6 Å². The summed E-state index contributed by atoms with van der Waals surface area (Å²) in [6, 6.07) is 13.9. The van der Waals surface area contributed by atoms with Crippen LogP contribution in [0.15, 0.2) is 48.5 Å². The summed E-state index contributed by atoms with van der Waals surface area (Å²) in [4.78, 5) is 12.7. The number of carbonyl (C=O) groups excluding carboxylic acids is 1. The van der Waals surface area contributed by atoms with Gasteiger partial charge in [-0.1, -0.05) is 31.2 Å². The summed E-state index contributed by atoms with van der Waals surface area (Å²) < 4.78 is 18.4. The fraction of sp³-hybridized carbons (Fsp3) is 0.381. The second kappa shape index (κ2) is 9.72. The van der Waals surface area contributed by atoms with Crippen molar-refractivity contribution in [3.8, 4) is 5.75 Å². The first-order valence-corrected chi connectivity index (χ1v) is 8.96. The number of carbonyl (C=O) groups is 1. The van der Waals surface area contributed by atoms with Gasteiger partial charge in [0.15, 0.2) is 0 Å². The summed E-state index contributed by atoms with van der Waals surface area (Å²) in [6.45, 7) is 3.75. The number of nitrogens with one attached hydrogen (secondary N) is 2. The zero-order valence-electron chi connectivity index (χ0n) is 15.6. The zero-order valence-corrected chi connectivity index (χ0v) is 16.4. The van der Waals surface area contributed by atoms with E-state index in [0.29, 0.717) is 12.3 Å². The molecule has 1 aliphatic rings. The molecule has 4 nitrogen and oxygen atoms in total. The van der Waals surface area contributed by atoms with Crippen molar-refractivity contribution in [3.63, 3.8) is 0 Å². The molecule has 1 fully saturated rings. The van der Waals surface area contributed by atoms with Crippen LogP contribution in [0.25, 0.3) is 0 Å². The molecular weight excluding hydrogens is 367 g/mol. The Bertz CT molecular complexity index is 733. The first-order chi connectivity index (χ1) is 12.6. The number of hydrogen-bond acceptors (Lipinski definition) is 3. The molecule has 3 rings (SSSR count). The van der Waals surface area contributed by atoms with Crippen molar-refractivity contribution < 1.29 is 13.9 Å². The molecule has 1 aliphatic heterocycles. The average molecular weight is 393 g/mol. The Morgan fingerprint density at radius 2 is 1.81 bits per heavy atom. The van der Waals surface area contributed by atoms with E-state index in [9.17, 15) is 9.18 Å². The highest BCUT2D eigenvalue weighted by molar-refractivity contribution is 5.85. The number of benzene rings is 2. The van der Waals surface area contributed by atoms with Crippen molar-refractivity contribution >= 4 is 18.3 Å². The minimum absolute atomic E-state index is 0. The maximum Gasteiger partial charge on any atom is 0.223 e. The fourth-order valence-electron chi connectivity index (χ4n) is 3.13. The predicted octanol–water partition coefficient (Wildman–Crippen LogP) is 3.51. The molecule has 27 heavy (non-hydrogen) atoms. The van der Waals surface area contributed by atoms with Crippen LogP contribution in [-0.2, 0) is 11.2 Å². The summed E-state index contributed by atoms with van der Waals surface area (Å²) in [7, 11) is 1.63. The molecule has 0 aromatic heterocycles. The molecule has 0 aliphatic carbocycles. The maximum absolute atomic E-state index is 13.2. The highest BCUT2D eigenvalue weighted by atomic mass is 35.5. The highest BCUT2D eigenvalue weighted by Crippen LogP contribution is 2.24. The van der Waals surface area contributed by atoms with Gasteiger partial charge in [0.1, 0.15) is 11.6 Å². The third kappa shape index (κ3) is 5.44. The van der Waals surface area contributed by atoms with Gasteiger partial charge in [-0.2, -0.15) is 0 Å². The molecule has 0 bridgehead atoms. The topological polar surface area (TPSA) is 50.4 Å². The van der Waals surface area contributed by atoms with Gasteiger partial charge in [-0.15, -0.1) is 12.4 Å². The average Bonchev–Trinajstić information content (AvgIpc) is 2.61. The molecule has 6 heteroatoms. The van der Waals surface area contributed by atoms with Crippen molar-refractivity contribution in [3.05, 3.63) is 65.5 Å². The second-order valence-electron chi connectivity index (χ2n) is 6.87. The van der Waals surface area contributed by atoms with E-state index >= 15 is 0 Å². The number of methoxy groups -OCH3 is 1. The number of halogens is 2. The van der Waals surface area contributed by atoms with Gasteiger partial charge in [-0.3, -0.25) is 4.79 Å². The van der Waals surface area contributed by atoms with Crippen LogP contribution in [0.5, 0.6) is 5.75 Å². The van der Waals surface area contributed by atoms with Crippen LogP contribution >= 0.6 is 12.4 Å². The molecule has 2 aromatic rings.